The van der Waals surface area contributed by atoms with E-state index in [2.05, 4.69) is 10.6 Å². The fourth-order valence-corrected chi connectivity index (χ4v) is 7.97. The summed E-state index contributed by atoms with van der Waals surface area (Å²) in [7, 11) is 0. The van der Waals surface area contributed by atoms with Crippen LogP contribution in [0.15, 0.2) is 30.3 Å². The molecule has 3 N–H and O–H groups in total. The number of aliphatic hydroxyl groups is 1. The van der Waals surface area contributed by atoms with Crippen LogP contribution >= 0.6 is 11.8 Å². The van der Waals surface area contributed by atoms with Crippen LogP contribution in [0, 0.1) is 11.8 Å². The molecule has 0 aromatic heterocycles. The molecule has 3 aliphatic heterocycles. The number of hydrogen-bond acceptors (Lipinski definition) is 5. The number of unbranched alkanes of at least 4 members (excludes halogenated alkanes) is 2. The van der Waals surface area contributed by atoms with Crippen LogP contribution in [0.5, 0.6) is 0 Å². The van der Waals surface area contributed by atoms with Crippen molar-refractivity contribution in [3.63, 3.8) is 0 Å². The quantitative estimate of drug-likeness (QED) is 0.505. The molecular formula is C25H35N3O4S. The van der Waals surface area contributed by atoms with Crippen LogP contribution in [-0.2, 0) is 14.4 Å². The Bertz CT molecular complexity index is 903. The molecule has 1 aromatic carbocycles. The van der Waals surface area contributed by atoms with Crippen LogP contribution in [-0.4, -0.2) is 62.5 Å². The maximum Gasteiger partial charge on any atom is 0.244 e. The van der Waals surface area contributed by atoms with E-state index in [4.69, 9.17) is 5.11 Å². The SMILES string of the molecule is CC(C)(C)NC(=O)C1N(CCCCCO)C(=O)[C@@H]2[C@H](C(=O)Nc3ccccc3)[C@@H]3CCC12S3. The molecule has 3 saturated heterocycles. The molecule has 2 bridgehead atoms. The number of nitrogens with zero attached hydrogens (tertiary/aromatic N) is 1. The Labute approximate surface area is 200 Å². The monoisotopic (exact) mass is 473 g/mol. The van der Waals surface area contributed by atoms with Crippen molar-refractivity contribution in [1.29, 1.82) is 0 Å². The minimum absolute atomic E-state index is 0.0455. The zero-order chi connectivity index (χ0) is 23.8. The molecule has 3 aliphatic rings. The molecule has 33 heavy (non-hydrogen) atoms. The van der Waals surface area contributed by atoms with Gasteiger partial charge in [-0.2, -0.15) is 0 Å². The highest BCUT2D eigenvalue weighted by Gasteiger charge is 2.73. The molecule has 8 heteroatoms. The van der Waals surface area contributed by atoms with Crippen molar-refractivity contribution in [3.05, 3.63) is 30.3 Å². The molecule has 3 heterocycles. The van der Waals surface area contributed by atoms with Gasteiger partial charge in [0, 0.05) is 29.6 Å². The molecule has 3 amide bonds. The van der Waals surface area contributed by atoms with Gasteiger partial charge in [-0.1, -0.05) is 18.2 Å². The standard InChI is InChI=1S/C25H35N3O4S/c1-24(2,3)27-22(31)20-25-13-12-17(33-25)18(21(30)26-16-10-6-4-7-11-16)19(25)23(32)28(20)14-8-5-9-15-29/h4,6-7,10-11,17-20,29H,5,8-9,12-15H2,1-3H3,(H,26,30)(H,27,31)/t17-,18+,19-,20?,25?/m0/s1. The molecule has 180 valence electrons. The van der Waals surface area contributed by atoms with E-state index in [1.807, 2.05) is 51.1 Å². The van der Waals surface area contributed by atoms with Gasteiger partial charge in [-0.05, 0) is 65.0 Å². The molecule has 3 fully saturated rings. The summed E-state index contributed by atoms with van der Waals surface area (Å²) in [6, 6.07) is 8.75. The van der Waals surface area contributed by atoms with E-state index in [1.165, 1.54) is 0 Å². The normalized spacial score (nSPS) is 30.4. The van der Waals surface area contributed by atoms with Gasteiger partial charge in [0.1, 0.15) is 6.04 Å². The summed E-state index contributed by atoms with van der Waals surface area (Å²) in [6.07, 6.45) is 3.79. The fraction of sp³-hybridized carbons (Fsp3) is 0.640. The molecule has 0 saturated carbocycles. The van der Waals surface area contributed by atoms with Crippen molar-refractivity contribution in [2.45, 2.75) is 74.5 Å². The predicted octanol–water partition coefficient (Wildman–Crippen LogP) is 2.79. The molecule has 7 nitrogen and oxygen atoms in total. The lowest BCUT2D eigenvalue weighted by molar-refractivity contribution is -0.139. The van der Waals surface area contributed by atoms with Gasteiger partial charge in [0.25, 0.3) is 0 Å². The number of aliphatic hydroxyl groups excluding tert-OH is 1. The van der Waals surface area contributed by atoms with Gasteiger partial charge in [0.2, 0.25) is 17.7 Å². The van der Waals surface area contributed by atoms with E-state index >= 15 is 0 Å². The summed E-state index contributed by atoms with van der Waals surface area (Å²) in [4.78, 5) is 42.4. The largest absolute Gasteiger partial charge is 0.396 e. The predicted molar refractivity (Wildman–Crippen MR) is 130 cm³/mol. The second-order valence-electron chi connectivity index (χ2n) is 10.5. The molecule has 2 unspecified atom stereocenters. The van der Waals surface area contributed by atoms with E-state index in [-0.39, 0.29) is 29.6 Å². The zero-order valence-corrected chi connectivity index (χ0v) is 20.5. The first-order chi connectivity index (χ1) is 15.7. The van der Waals surface area contributed by atoms with Crippen molar-refractivity contribution >= 4 is 35.2 Å². The number of rotatable bonds is 8. The second-order valence-corrected chi connectivity index (χ2v) is 12.1. The van der Waals surface area contributed by atoms with Crippen LogP contribution in [0.25, 0.3) is 0 Å². The summed E-state index contributed by atoms with van der Waals surface area (Å²) in [5.74, 6) is -1.26. The first-order valence-electron chi connectivity index (χ1n) is 11.9. The fourth-order valence-electron chi connectivity index (χ4n) is 5.75. The van der Waals surface area contributed by atoms with Crippen LogP contribution in [0.2, 0.25) is 0 Å². The number of fused-ring (bicyclic) bond motifs is 1. The van der Waals surface area contributed by atoms with Gasteiger partial charge in [0.05, 0.1) is 16.6 Å². The van der Waals surface area contributed by atoms with Crippen molar-refractivity contribution in [1.82, 2.24) is 10.2 Å². The van der Waals surface area contributed by atoms with Gasteiger partial charge in [-0.25, -0.2) is 0 Å². The Kier molecular flexibility index (Phi) is 6.78. The number of carbonyl (C=O) groups excluding carboxylic acids is 3. The third kappa shape index (κ3) is 4.52. The number of anilines is 1. The van der Waals surface area contributed by atoms with Crippen molar-refractivity contribution in [2.24, 2.45) is 11.8 Å². The van der Waals surface area contributed by atoms with Crippen LogP contribution in [0.4, 0.5) is 5.69 Å². The average Bonchev–Trinajstić information content (AvgIpc) is 3.38. The number of para-hydroxylation sites is 1. The smallest absolute Gasteiger partial charge is 0.244 e. The number of hydrogen-bond donors (Lipinski definition) is 3. The highest BCUT2D eigenvalue weighted by Crippen LogP contribution is 2.66. The lowest BCUT2D eigenvalue weighted by atomic mass is 9.70. The maximum absolute atomic E-state index is 13.8. The molecule has 0 radical (unpaired) electrons. The zero-order valence-electron chi connectivity index (χ0n) is 19.7. The average molecular weight is 474 g/mol. The lowest BCUT2D eigenvalue weighted by Crippen LogP contribution is -2.57. The first-order valence-corrected chi connectivity index (χ1v) is 12.8. The van der Waals surface area contributed by atoms with Gasteiger partial charge < -0.3 is 20.6 Å². The van der Waals surface area contributed by atoms with Gasteiger partial charge >= 0.3 is 0 Å². The third-order valence-corrected chi connectivity index (χ3v) is 8.90. The van der Waals surface area contributed by atoms with Crippen LogP contribution in [0.1, 0.15) is 52.9 Å². The summed E-state index contributed by atoms with van der Waals surface area (Å²) >= 11 is 1.69. The molecule has 4 rings (SSSR count). The van der Waals surface area contributed by atoms with Gasteiger partial charge in [0.15, 0.2) is 0 Å². The third-order valence-electron chi connectivity index (χ3n) is 6.95. The van der Waals surface area contributed by atoms with Crippen molar-refractivity contribution < 1.29 is 19.5 Å². The van der Waals surface area contributed by atoms with Gasteiger partial charge in [-0.15, -0.1) is 11.8 Å². The van der Waals surface area contributed by atoms with E-state index in [0.717, 1.165) is 31.4 Å². The number of nitrogens with one attached hydrogen (secondary N) is 2. The number of benzene rings is 1. The molecule has 1 aromatic rings. The highest BCUT2D eigenvalue weighted by molar-refractivity contribution is 8.02. The molecule has 5 atom stereocenters. The van der Waals surface area contributed by atoms with Crippen molar-refractivity contribution in [3.8, 4) is 0 Å². The Hall–Kier alpha value is -2.06. The molecule has 0 aliphatic carbocycles. The van der Waals surface area contributed by atoms with Crippen molar-refractivity contribution in [2.75, 3.05) is 18.5 Å². The Morgan fingerprint density at radius 2 is 1.88 bits per heavy atom. The second kappa shape index (κ2) is 9.29. The molecule has 1 spiro atoms. The number of likely N-dealkylation sites (tertiary alicyclic amines) is 1. The maximum atomic E-state index is 13.8. The first kappa shape index (κ1) is 24.1. The van der Waals surface area contributed by atoms with Crippen LogP contribution in [0.3, 0.4) is 0 Å². The number of amides is 3. The Morgan fingerprint density at radius 1 is 1.15 bits per heavy atom. The number of thioether (sulfide) groups is 1. The summed E-state index contributed by atoms with van der Waals surface area (Å²) in [6.45, 7) is 6.42. The van der Waals surface area contributed by atoms with E-state index in [1.54, 1.807) is 16.7 Å². The van der Waals surface area contributed by atoms with E-state index in [9.17, 15) is 14.4 Å². The summed E-state index contributed by atoms with van der Waals surface area (Å²) < 4.78 is -0.563. The Balaban J connectivity index is 1.62. The Morgan fingerprint density at radius 3 is 2.55 bits per heavy atom. The summed E-state index contributed by atoms with van der Waals surface area (Å²) in [5, 5.41) is 15.3. The number of carbonyl (C=O) groups is 3. The minimum atomic E-state index is -0.576. The topological polar surface area (TPSA) is 98.7 Å². The van der Waals surface area contributed by atoms with Gasteiger partial charge in [-0.3, -0.25) is 14.4 Å². The van der Waals surface area contributed by atoms with Crippen LogP contribution < -0.4 is 10.6 Å². The minimum Gasteiger partial charge on any atom is -0.396 e. The molecular weight excluding hydrogens is 438 g/mol. The van der Waals surface area contributed by atoms with E-state index in [0.29, 0.717) is 13.0 Å². The highest BCUT2D eigenvalue weighted by atomic mass is 32.2. The lowest BCUT2D eigenvalue weighted by Gasteiger charge is -2.36. The summed E-state index contributed by atoms with van der Waals surface area (Å²) in [5.41, 5.74) is 0.306. The van der Waals surface area contributed by atoms with E-state index < -0.39 is 28.2 Å².